The Kier molecular flexibility index (Phi) is 5.65. The lowest BCUT2D eigenvalue weighted by molar-refractivity contribution is -0.386. The summed E-state index contributed by atoms with van der Waals surface area (Å²) in [6.45, 7) is 0.321. The van der Waals surface area contributed by atoms with E-state index in [1.54, 1.807) is 0 Å². The molecule has 21 heavy (non-hydrogen) atoms. The highest BCUT2D eigenvalue weighted by Crippen LogP contribution is 2.31. The lowest BCUT2D eigenvalue weighted by atomic mass is 10.2. The molecule has 0 atom stereocenters. The van der Waals surface area contributed by atoms with Gasteiger partial charge in [0.2, 0.25) is 0 Å². The Morgan fingerprint density at radius 2 is 2.05 bits per heavy atom. The Morgan fingerprint density at radius 1 is 1.38 bits per heavy atom. The van der Waals surface area contributed by atoms with Gasteiger partial charge in [-0.15, -0.1) is 0 Å². The number of sulfone groups is 1. The zero-order valence-corrected chi connectivity index (χ0v) is 12.2. The van der Waals surface area contributed by atoms with Crippen molar-refractivity contribution in [1.82, 2.24) is 0 Å². The number of nitro benzene ring substituents is 1. The van der Waals surface area contributed by atoms with Crippen molar-refractivity contribution in [3.05, 3.63) is 28.3 Å². The average molecular weight is 316 g/mol. The van der Waals surface area contributed by atoms with Crippen LogP contribution in [0.15, 0.2) is 23.1 Å². The number of hydrogen-bond acceptors (Lipinski definition) is 6. The second kappa shape index (κ2) is 7.02. The fourth-order valence-corrected chi connectivity index (χ4v) is 2.64. The third-order valence-electron chi connectivity index (χ3n) is 2.71. The van der Waals surface area contributed by atoms with Crippen molar-refractivity contribution in [3.8, 4) is 0 Å². The topological polar surface area (TPSA) is 127 Å². The number of nitrogens with zero attached hydrogens (tertiary/aromatic N) is 1. The summed E-state index contributed by atoms with van der Waals surface area (Å²) in [5.74, 6) is -0.903. The van der Waals surface area contributed by atoms with E-state index in [1.807, 2.05) is 0 Å². The molecule has 1 aromatic carbocycles. The predicted octanol–water partition coefficient (Wildman–Crippen LogP) is 1.67. The van der Waals surface area contributed by atoms with Crippen LogP contribution in [0.25, 0.3) is 0 Å². The molecular formula is C12H16N2O6S. The highest BCUT2D eigenvalue weighted by Gasteiger charge is 2.25. The van der Waals surface area contributed by atoms with E-state index >= 15 is 0 Å². The molecule has 0 saturated carbocycles. The van der Waals surface area contributed by atoms with Gasteiger partial charge < -0.3 is 10.4 Å². The minimum absolute atomic E-state index is 0.0210. The van der Waals surface area contributed by atoms with Gasteiger partial charge in [0.1, 0.15) is 10.6 Å². The van der Waals surface area contributed by atoms with Crippen molar-refractivity contribution in [2.24, 2.45) is 0 Å². The van der Waals surface area contributed by atoms with Gasteiger partial charge in [-0.05, 0) is 25.0 Å². The number of unbranched alkanes of at least 4 members (excludes halogenated alkanes) is 1. The van der Waals surface area contributed by atoms with E-state index in [-0.39, 0.29) is 17.0 Å². The van der Waals surface area contributed by atoms with E-state index in [4.69, 9.17) is 5.11 Å². The first kappa shape index (κ1) is 16.9. The van der Waals surface area contributed by atoms with Crippen LogP contribution in [0.5, 0.6) is 0 Å². The lowest BCUT2D eigenvalue weighted by Crippen LogP contribution is -2.09. The molecular weight excluding hydrogens is 300 g/mol. The van der Waals surface area contributed by atoms with Gasteiger partial charge in [0.05, 0.1) is 4.92 Å². The second-order valence-corrected chi connectivity index (χ2v) is 6.44. The van der Waals surface area contributed by atoms with E-state index in [0.717, 1.165) is 6.26 Å². The lowest BCUT2D eigenvalue weighted by Gasteiger charge is -2.09. The number of anilines is 1. The average Bonchev–Trinajstić information content (AvgIpc) is 2.36. The molecule has 1 aromatic rings. The molecule has 116 valence electrons. The standard InChI is InChI=1S/C12H16N2O6S/c1-21(19,20)10-6-4-5-9(12(10)14(17)18)13-8-3-2-7-11(15)16/h4-6,13H,2-3,7-8H2,1H3,(H,15,16). The predicted molar refractivity (Wildman–Crippen MR) is 76.2 cm³/mol. The smallest absolute Gasteiger partial charge is 0.310 e. The Bertz CT molecular complexity index is 641. The molecule has 0 aromatic heterocycles. The Hall–Kier alpha value is -2.16. The third-order valence-corrected chi connectivity index (χ3v) is 3.84. The number of rotatable bonds is 8. The van der Waals surface area contributed by atoms with Crippen molar-refractivity contribution in [2.45, 2.75) is 24.2 Å². The number of aliphatic carboxylic acids is 1. The monoisotopic (exact) mass is 316 g/mol. The number of nitro groups is 1. The fraction of sp³-hybridized carbons (Fsp3) is 0.417. The SMILES string of the molecule is CS(=O)(=O)c1cccc(NCCCCC(=O)O)c1[N+](=O)[O-]. The Morgan fingerprint density at radius 3 is 2.57 bits per heavy atom. The molecule has 0 amide bonds. The van der Waals surface area contributed by atoms with Crippen LogP contribution in [-0.4, -0.2) is 37.2 Å². The number of hydrogen-bond donors (Lipinski definition) is 2. The van der Waals surface area contributed by atoms with Crippen LogP contribution in [0.2, 0.25) is 0 Å². The van der Waals surface area contributed by atoms with Crippen molar-refractivity contribution in [2.75, 3.05) is 18.1 Å². The van der Waals surface area contributed by atoms with Crippen LogP contribution in [0.3, 0.4) is 0 Å². The summed E-state index contributed by atoms with van der Waals surface area (Å²) in [4.78, 5) is 20.4. The maximum Gasteiger partial charge on any atom is 0.310 e. The maximum atomic E-state index is 11.6. The van der Waals surface area contributed by atoms with E-state index in [1.165, 1.54) is 18.2 Å². The van der Waals surface area contributed by atoms with Crippen LogP contribution >= 0.6 is 0 Å². The quantitative estimate of drug-likeness (QED) is 0.424. The molecule has 0 aliphatic rings. The van der Waals surface area contributed by atoms with Crippen molar-refractivity contribution < 1.29 is 23.2 Å². The minimum atomic E-state index is -3.71. The van der Waals surface area contributed by atoms with Gasteiger partial charge in [-0.25, -0.2) is 8.42 Å². The highest BCUT2D eigenvalue weighted by molar-refractivity contribution is 7.90. The first-order valence-corrected chi connectivity index (χ1v) is 8.05. The zero-order chi connectivity index (χ0) is 16.0. The van der Waals surface area contributed by atoms with Gasteiger partial charge in [-0.1, -0.05) is 6.07 Å². The van der Waals surface area contributed by atoms with Crippen molar-refractivity contribution in [3.63, 3.8) is 0 Å². The van der Waals surface area contributed by atoms with Crippen LogP contribution in [0, 0.1) is 10.1 Å². The second-order valence-electron chi connectivity index (χ2n) is 4.46. The molecule has 0 unspecified atom stereocenters. The number of carboxylic acid groups (broad SMARTS) is 1. The number of para-hydroxylation sites is 1. The molecule has 0 spiro atoms. The van der Waals surface area contributed by atoms with Gasteiger partial charge in [0, 0.05) is 19.2 Å². The molecule has 2 N–H and O–H groups in total. The van der Waals surface area contributed by atoms with E-state index < -0.39 is 26.4 Å². The number of carboxylic acids is 1. The first-order chi connectivity index (χ1) is 9.73. The molecule has 0 saturated heterocycles. The molecule has 8 nitrogen and oxygen atoms in total. The largest absolute Gasteiger partial charge is 0.481 e. The number of benzene rings is 1. The van der Waals surface area contributed by atoms with Crippen molar-refractivity contribution in [1.29, 1.82) is 0 Å². The molecule has 0 aliphatic carbocycles. The molecule has 1 rings (SSSR count). The van der Waals surface area contributed by atoms with Gasteiger partial charge in [-0.3, -0.25) is 14.9 Å². The summed E-state index contributed by atoms with van der Waals surface area (Å²) in [5, 5.41) is 22.4. The summed E-state index contributed by atoms with van der Waals surface area (Å²) < 4.78 is 23.1. The van der Waals surface area contributed by atoms with Crippen LogP contribution in [0.4, 0.5) is 11.4 Å². The van der Waals surface area contributed by atoms with E-state index in [9.17, 15) is 23.3 Å². The Balaban J connectivity index is 2.88. The van der Waals surface area contributed by atoms with Gasteiger partial charge >= 0.3 is 11.7 Å². The fourth-order valence-electron chi connectivity index (χ4n) is 1.78. The molecule has 9 heteroatoms. The van der Waals surface area contributed by atoms with Gasteiger partial charge in [0.15, 0.2) is 9.84 Å². The van der Waals surface area contributed by atoms with E-state index in [0.29, 0.717) is 19.4 Å². The summed E-state index contributed by atoms with van der Waals surface area (Å²) in [6.07, 6.45) is 1.87. The third kappa shape index (κ3) is 5.03. The molecule has 0 radical (unpaired) electrons. The van der Waals surface area contributed by atoms with Crippen LogP contribution in [0.1, 0.15) is 19.3 Å². The highest BCUT2D eigenvalue weighted by atomic mass is 32.2. The molecule has 0 fully saturated rings. The number of carbonyl (C=O) groups is 1. The summed E-state index contributed by atoms with van der Waals surface area (Å²) in [7, 11) is -3.71. The summed E-state index contributed by atoms with van der Waals surface area (Å²) in [5.41, 5.74) is -0.378. The summed E-state index contributed by atoms with van der Waals surface area (Å²) >= 11 is 0. The first-order valence-electron chi connectivity index (χ1n) is 6.16. The molecule has 0 aliphatic heterocycles. The zero-order valence-electron chi connectivity index (χ0n) is 11.4. The van der Waals surface area contributed by atoms with Crippen LogP contribution < -0.4 is 5.32 Å². The minimum Gasteiger partial charge on any atom is -0.481 e. The van der Waals surface area contributed by atoms with Crippen LogP contribution in [-0.2, 0) is 14.6 Å². The van der Waals surface area contributed by atoms with E-state index in [2.05, 4.69) is 5.32 Å². The normalized spacial score (nSPS) is 11.1. The van der Waals surface area contributed by atoms with Crippen molar-refractivity contribution >= 4 is 27.2 Å². The Labute approximate surface area is 121 Å². The van der Waals surface area contributed by atoms with Gasteiger partial charge in [0.25, 0.3) is 0 Å². The molecule has 0 heterocycles. The molecule has 0 bridgehead atoms. The number of nitrogens with one attached hydrogen (secondary N) is 1. The maximum absolute atomic E-state index is 11.6. The van der Waals surface area contributed by atoms with Gasteiger partial charge in [-0.2, -0.15) is 0 Å². The summed E-state index contributed by atoms with van der Waals surface area (Å²) in [6, 6.07) is 4.02.